The number of nitrogens with two attached hydrogens (primary N) is 1. The van der Waals surface area contributed by atoms with E-state index in [2.05, 4.69) is 6.92 Å². The molecule has 0 radical (unpaired) electrons. The molecule has 1 atom stereocenters. The van der Waals surface area contributed by atoms with Crippen molar-refractivity contribution in [3.8, 4) is 0 Å². The van der Waals surface area contributed by atoms with E-state index in [4.69, 9.17) is 5.73 Å². The summed E-state index contributed by atoms with van der Waals surface area (Å²) in [7, 11) is -3.37. The SMILES string of the molecule is CCCC1CCCCN1S(=O)(=O)c1ccc(CN)cc1. The van der Waals surface area contributed by atoms with Crippen molar-refractivity contribution < 1.29 is 8.42 Å². The maximum atomic E-state index is 12.8. The van der Waals surface area contributed by atoms with Crippen molar-refractivity contribution >= 4 is 10.0 Å². The molecule has 4 nitrogen and oxygen atoms in total. The fraction of sp³-hybridized carbons (Fsp3) is 0.600. The lowest BCUT2D eigenvalue weighted by atomic mass is 10.0. The van der Waals surface area contributed by atoms with Crippen LogP contribution in [-0.2, 0) is 16.6 Å². The van der Waals surface area contributed by atoms with Gasteiger partial charge in [0.1, 0.15) is 0 Å². The summed E-state index contributed by atoms with van der Waals surface area (Å²) in [6.07, 6.45) is 5.03. The molecule has 0 aliphatic carbocycles. The van der Waals surface area contributed by atoms with Gasteiger partial charge in [-0.15, -0.1) is 0 Å². The Kier molecular flexibility index (Phi) is 5.18. The van der Waals surface area contributed by atoms with Crippen LogP contribution in [0.5, 0.6) is 0 Å². The van der Waals surface area contributed by atoms with E-state index >= 15 is 0 Å². The molecule has 2 N–H and O–H groups in total. The topological polar surface area (TPSA) is 63.4 Å². The van der Waals surface area contributed by atoms with Crippen molar-refractivity contribution in [3.05, 3.63) is 29.8 Å². The highest BCUT2D eigenvalue weighted by molar-refractivity contribution is 7.89. The Bertz CT molecular complexity index is 523. The Balaban J connectivity index is 2.26. The molecular formula is C15H24N2O2S. The fourth-order valence-corrected chi connectivity index (χ4v) is 4.57. The predicted octanol–water partition coefficient (Wildman–Crippen LogP) is 2.49. The average molecular weight is 296 g/mol. The van der Waals surface area contributed by atoms with Gasteiger partial charge in [0.25, 0.3) is 0 Å². The van der Waals surface area contributed by atoms with Crippen LogP contribution in [0.3, 0.4) is 0 Å². The van der Waals surface area contributed by atoms with Crippen LogP contribution in [0.2, 0.25) is 0 Å². The van der Waals surface area contributed by atoms with Gasteiger partial charge in [0.05, 0.1) is 4.90 Å². The molecule has 1 aliphatic rings. The maximum Gasteiger partial charge on any atom is 0.243 e. The van der Waals surface area contributed by atoms with Gasteiger partial charge in [-0.3, -0.25) is 0 Å². The van der Waals surface area contributed by atoms with Crippen LogP contribution in [0.25, 0.3) is 0 Å². The van der Waals surface area contributed by atoms with E-state index in [1.807, 2.05) is 0 Å². The minimum absolute atomic E-state index is 0.160. The second-order valence-electron chi connectivity index (χ2n) is 5.40. The van der Waals surface area contributed by atoms with E-state index < -0.39 is 10.0 Å². The first-order valence-corrected chi connectivity index (χ1v) is 8.84. The van der Waals surface area contributed by atoms with E-state index in [9.17, 15) is 8.42 Å². The van der Waals surface area contributed by atoms with E-state index in [0.29, 0.717) is 18.0 Å². The number of hydrogen-bond acceptors (Lipinski definition) is 3. The number of nitrogens with zero attached hydrogens (tertiary/aromatic N) is 1. The summed E-state index contributed by atoms with van der Waals surface area (Å²) in [5.41, 5.74) is 6.51. The van der Waals surface area contributed by atoms with Crippen LogP contribution in [0, 0.1) is 0 Å². The molecule has 20 heavy (non-hydrogen) atoms. The molecule has 0 amide bonds. The molecule has 1 saturated heterocycles. The minimum atomic E-state index is -3.37. The fourth-order valence-electron chi connectivity index (χ4n) is 2.85. The Labute approximate surface area is 122 Å². The van der Waals surface area contributed by atoms with Gasteiger partial charge >= 0.3 is 0 Å². The molecule has 0 spiro atoms. The third kappa shape index (κ3) is 3.22. The quantitative estimate of drug-likeness (QED) is 0.908. The second-order valence-corrected chi connectivity index (χ2v) is 7.29. The number of benzene rings is 1. The second kappa shape index (κ2) is 6.70. The molecule has 1 unspecified atom stereocenters. The van der Waals surface area contributed by atoms with Crippen molar-refractivity contribution in [1.29, 1.82) is 0 Å². The third-order valence-corrected chi connectivity index (χ3v) is 5.93. The van der Waals surface area contributed by atoms with E-state index in [1.165, 1.54) is 0 Å². The largest absolute Gasteiger partial charge is 0.326 e. The minimum Gasteiger partial charge on any atom is -0.326 e. The van der Waals surface area contributed by atoms with Gasteiger partial charge in [-0.05, 0) is 37.0 Å². The molecular weight excluding hydrogens is 272 g/mol. The van der Waals surface area contributed by atoms with Crippen molar-refractivity contribution in [1.82, 2.24) is 4.31 Å². The zero-order valence-electron chi connectivity index (χ0n) is 12.1. The summed E-state index contributed by atoms with van der Waals surface area (Å²) in [6.45, 7) is 3.18. The van der Waals surface area contributed by atoms with E-state index in [-0.39, 0.29) is 6.04 Å². The summed E-state index contributed by atoms with van der Waals surface area (Å²) < 4.78 is 27.2. The van der Waals surface area contributed by atoms with Crippen molar-refractivity contribution in [2.75, 3.05) is 6.54 Å². The van der Waals surface area contributed by atoms with Gasteiger partial charge in [-0.1, -0.05) is 31.9 Å². The van der Waals surface area contributed by atoms with Crippen LogP contribution in [0.1, 0.15) is 44.6 Å². The summed E-state index contributed by atoms with van der Waals surface area (Å²) >= 11 is 0. The molecule has 2 rings (SSSR count). The highest BCUT2D eigenvalue weighted by Gasteiger charge is 2.32. The molecule has 0 aromatic heterocycles. The van der Waals surface area contributed by atoms with Crippen molar-refractivity contribution in [3.63, 3.8) is 0 Å². The predicted molar refractivity (Wildman–Crippen MR) is 80.8 cm³/mol. The molecule has 1 heterocycles. The Morgan fingerprint density at radius 1 is 1.25 bits per heavy atom. The van der Waals surface area contributed by atoms with Crippen molar-refractivity contribution in [2.24, 2.45) is 5.73 Å². The van der Waals surface area contributed by atoms with Gasteiger partial charge in [-0.25, -0.2) is 8.42 Å². The smallest absolute Gasteiger partial charge is 0.243 e. The summed E-state index contributed by atoms with van der Waals surface area (Å²) in [5, 5.41) is 0. The highest BCUT2D eigenvalue weighted by Crippen LogP contribution is 2.27. The molecule has 0 saturated carbocycles. The van der Waals surface area contributed by atoms with Gasteiger partial charge in [0, 0.05) is 19.1 Å². The summed E-state index contributed by atoms with van der Waals surface area (Å²) in [5.74, 6) is 0. The molecule has 112 valence electrons. The van der Waals surface area contributed by atoms with Crippen LogP contribution >= 0.6 is 0 Å². The number of piperidine rings is 1. The van der Waals surface area contributed by atoms with Crippen LogP contribution < -0.4 is 5.73 Å². The summed E-state index contributed by atoms with van der Waals surface area (Å²) in [4.78, 5) is 0.387. The van der Waals surface area contributed by atoms with Gasteiger partial charge in [0.15, 0.2) is 0 Å². The molecule has 5 heteroatoms. The molecule has 1 aromatic rings. The van der Waals surface area contributed by atoms with E-state index in [0.717, 1.165) is 37.7 Å². The zero-order valence-corrected chi connectivity index (χ0v) is 12.9. The van der Waals surface area contributed by atoms with Crippen molar-refractivity contribution in [2.45, 2.75) is 56.5 Å². The molecule has 1 aliphatic heterocycles. The van der Waals surface area contributed by atoms with E-state index in [1.54, 1.807) is 28.6 Å². The number of rotatable bonds is 5. The average Bonchev–Trinajstić information content (AvgIpc) is 2.48. The highest BCUT2D eigenvalue weighted by atomic mass is 32.2. The maximum absolute atomic E-state index is 12.8. The normalized spacial score (nSPS) is 21.0. The standard InChI is InChI=1S/C15H24N2O2S/c1-2-5-14-6-3-4-11-17(14)20(18,19)15-9-7-13(12-16)8-10-15/h7-10,14H,2-6,11-12,16H2,1H3. The lowest BCUT2D eigenvalue weighted by Gasteiger charge is -2.34. The number of hydrogen-bond donors (Lipinski definition) is 1. The Hall–Kier alpha value is -0.910. The number of sulfonamides is 1. The Morgan fingerprint density at radius 3 is 2.55 bits per heavy atom. The monoisotopic (exact) mass is 296 g/mol. The van der Waals surface area contributed by atoms with Gasteiger partial charge in [-0.2, -0.15) is 4.31 Å². The first-order chi connectivity index (χ1) is 9.59. The lowest BCUT2D eigenvalue weighted by Crippen LogP contribution is -2.43. The van der Waals surface area contributed by atoms with Crippen LogP contribution in [0.15, 0.2) is 29.2 Å². The van der Waals surface area contributed by atoms with Crippen LogP contribution in [-0.4, -0.2) is 25.3 Å². The molecule has 1 aromatic carbocycles. The van der Waals surface area contributed by atoms with Crippen LogP contribution in [0.4, 0.5) is 0 Å². The molecule has 1 fully saturated rings. The Morgan fingerprint density at radius 2 is 1.95 bits per heavy atom. The first-order valence-electron chi connectivity index (χ1n) is 7.40. The van der Waals surface area contributed by atoms with Gasteiger partial charge < -0.3 is 5.73 Å². The molecule has 0 bridgehead atoms. The first kappa shape index (κ1) is 15.5. The lowest BCUT2D eigenvalue weighted by molar-refractivity contribution is 0.239. The van der Waals surface area contributed by atoms with Gasteiger partial charge in [0.2, 0.25) is 10.0 Å². The zero-order chi connectivity index (χ0) is 14.6. The summed E-state index contributed by atoms with van der Waals surface area (Å²) in [6, 6.07) is 7.11. The third-order valence-electron chi connectivity index (χ3n) is 3.96.